The highest BCUT2D eigenvalue weighted by molar-refractivity contribution is 6.35. The summed E-state index contributed by atoms with van der Waals surface area (Å²) in [4.78, 5) is 16.8. The van der Waals surface area contributed by atoms with Crippen LogP contribution in [0.2, 0.25) is 10.0 Å². The van der Waals surface area contributed by atoms with Crippen molar-refractivity contribution in [2.45, 2.75) is 26.8 Å². The molecular weight excluding hydrogens is 390 g/mol. The van der Waals surface area contributed by atoms with Crippen LogP contribution < -0.4 is 5.32 Å². The Labute approximate surface area is 166 Å². The lowest BCUT2D eigenvalue weighted by atomic mass is 10.1. The maximum absolute atomic E-state index is 13.7. The predicted octanol–water partition coefficient (Wildman–Crippen LogP) is 4.82. The quantitative estimate of drug-likeness (QED) is 0.631. The number of hydrogen-bond acceptors (Lipinski definition) is 3. The maximum atomic E-state index is 13.7. The van der Waals surface area contributed by atoms with E-state index in [4.69, 9.17) is 23.2 Å². The molecule has 5 nitrogen and oxygen atoms in total. The van der Waals surface area contributed by atoms with Gasteiger partial charge in [0.15, 0.2) is 5.82 Å². The molecule has 8 heteroatoms. The summed E-state index contributed by atoms with van der Waals surface area (Å²) in [6.07, 6.45) is 1.47. The van der Waals surface area contributed by atoms with E-state index in [-0.39, 0.29) is 16.0 Å². The van der Waals surface area contributed by atoms with Gasteiger partial charge < -0.3 is 5.32 Å². The molecule has 1 unspecified atom stereocenters. The molecule has 1 atom stereocenters. The first-order valence-corrected chi connectivity index (χ1v) is 8.97. The van der Waals surface area contributed by atoms with Crippen LogP contribution in [0.4, 0.5) is 4.39 Å². The van der Waals surface area contributed by atoms with E-state index in [1.165, 1.54) is 18.3 Å². The average Bonchev–Trinajstić information content (AvgIpc) is 2.96. The third kappa shape index (κ3) is 4.12. The average molecular weight is 407 g/mol. The SMILES string of the molecule is Cc1cc(C)n(-c2ccc(C(=O)NC(C)c3cc(F)c(Cl)cc3Cl)cn2)n1. The number of amides is 1. The molecule has 0 aliphatic heterocycles. The molecule has 0 spiro atoms. The number of halogens is 3. The van der Waals surface area contributed by atoms with Crippen molar-refractivity contribution in [3.63, 3.8) is 0 Å². The van der Waals surface area contributed by atoms with Gasteiger partial charge in [0.2, 0.25) is 0 Å². The number of nitrogens with one attached hydrogen (secondary N) is 1. The number of hydrogen-bond donors (Lipinski definition) is 1. The van der Waals surface area contributed by atoms with Crippen LogP contribution in [0.1, 0.15) is 40.3 Å². The van der Waals surface area contributed by atoms with Crippen LogP contribution in [-0.4, -0.2) is 20.7 Å². The molecule has 3 aromatic rings. The van der Waals surface area contributed by atoms with Gasteiger partial charge in [-0.25, -0.2) is 14.1 Å². The molecule has 1 N–H and O–H groups in total. The van der Waals surface area contributed by atoms with Crippen LogP contribution >= 0.6 is 23.2 Å². The molecule has 1 amide bonds. The van der Waals surface area contributed by atoms with E-state index >= 15 is 0 Å². The van der Waals surface area contributed by atoms with Gasteiger partial charge in [-0.15, -0.1) is 0 Å². The third-order valence-corrected chi connectivity index (χ3v) is 4.71. The Bertz CT molecular complexity index is 1000. The summed E-state index contributed by atoms with van der Waals surface area (Å²) in [6, 6.07) is 7.35. The van der Waals surface area contributed by atoms with E-state index in [1.54, 1.807) is 23.7 Å². The second-order valence-electron chi connectivity index (χ2n) is 6.23. The Morgan fingerprint density at radius 2 is 1.93 bits per heavy atom. The summed E-state index contributed by atoms with van der Waals surface area (Å²) in [5, 5.41) is 7.36. The first-order valence-electron chi connectivity index (χ1n) is 8.21. The molecule has 140 valence electrons. The Kier molecular flexibility index (Phi) is 5.48. The molecular formula is C19H17Cl2FN4O. The molecule has 0 saturated carbocycles. The van der Waals surface area contributed by atoms with E-state index in [2.05, 4.69) is 15.4 Å². The molecule has 0 radical (unpaired) electrons. The van der Waals surface area contributed by atoms with Crippen LogP contribution in [0.25, 0.3) is 5.82 Å². The number of carbonyl (C=O) groups excluding carboxylic acids is 1. The third-order valence-electron chi connectivity index (χ3n) is 4.09. The Morgan fingerprint density at radius 1 is 1.19 bits per heavy atom. The van der Waals surface area contributed by atoms with Crippen molar-refractivity contribution in [2.75, 3.05) is 0 Å². The van der Waals surface area contributed by atoms with Crippen molar-refractivity contribution >= 4 is 29.1 Å². The van der Waals surface area contributed by atoms with Crippen LogP contribution in [0, 0.1) is 19.7 Å². The molecule has 0 aliphatic carbocycles. The Morgan fingerprint density at radius 3 is 2.52 bits per heavy atom. The molecule has 0 fully saturated rings. The second kappa shape index (κ2) is 7.66. The lowest BCUT2D eigenvalue weighted by Crippen LogP contribution is -2.27. The minimum atomic E-state index is -0.590. The van der Waals surface area contributed by atoms with Gasteiger partial charge in [-0.2, -0.15) is 5.10 Å². The first-order chi connectivity index (χ1) is 12.8. The van der Waals surface area contributed by atoms with Gasteiger partial charge in [-0.1, -0.05) is 23.2 Å². The summed E-state index contributed by atoms with van der Waals surface area (Å²) >= 11 is 11.8. The van der Waals surface area contributed by atoms with Crippen molar-refractivity contribution < 1.29 is 9.18 Å². The van der Waals surface area contributed by atoms with Gasteiger partial charge in [0.1, 0.15) is 5.82 Å². The van der Waals surface area contributed by atoms with Gasteiger partial charge in [-0.05, 0) is 56.7 Å². The molecule has 0 bridgehead atoms. The number of pyridine rings is 1. The fourth-order valence-electron chi connectivity index (χ4n) is 2.73. The number of benzene rings is 1. The fourth-order valence-corrected chi connectivity index (χ4v) is 3.28. The minimum Gasteiger partial charge on any atom is -0.345 e. The van der Waals surface area contributed by atoms with Gasteiger partial charge in [0, 0.05) is 16.9 Å². The lowest BCUT2D eigenvalue weighted by Gasteiger charge is -2.16. The van der Waals surface area contributed by atoms with Gasteiger partial charge >= 0.3 is 0 Å². The van der Waals surface area contributed by atoms with Gasteiger partial charge in [0.25, 0.3) is 5.91 Å². The van der Waals surface area contributed by atoms with Crippen LogP contribution in [-0.2, 0) is 0 Å². The maximum Gasteiger partial charge on any atom is 0.253 e. The molecule has 0 aliphatic rings. The highest BCUT2D eigenvalue weighted by Gasteiger charge is 2.17. The molecule has 0 saturated heterocycles. The summed E-state index contributed by atoms with van der Waals surface area (Å²) in [7, 11) is 0. The van der Waals surface area contributed by atoms with Crippen LogP contribution in [0.3, 0.4) is 0 Å². The summed E-state index contributed by atoms with van der Waals surface area (Å²) < 4.78 is 15.4. The van der Waals surface area contributed by atoms with E-state index in [0.717, 1.165) is 11.4 Å². The second-order valence-corrected chi connectivity index (χ2v) is 7.04. The van der Waals surface area contributed by atoms with Crippen molar-refractivity contribution in [1.29, 1.82) is 0 Å². The van der Waals surface area contributed by atoms with E-state index < -0.39 is 11.9 Å². The van der Waals surface area contributed by atoms with E-state index in [9.17, 15) is 9.18 Å². The zero-order valence-electron chi connectivity index (χ0n) is 14.9. The largest absolute Gasteiger partial charge is 0.345 e. The monoisotopic (exact) mass is 406 g/mol. The number of aromatic nitrogens is 3. The normalized spacial score (nSPS) is 12.1. The highest BCUT2D eigenvalue weighted by atomic mass is 35.5. The number of rotatable bonds is 4. The zero-order chi connectivity index (χ0) is 19.7. The highest BCUT2D eigenvalue weighted by Crippen LogP contribution is 2.28. The topological polar surface area (TPSA) is 59.8 Å². The smallest absolute Gasteiger partial charge is 0.253 e. The minimum absolute atomic E-state index is 0.0637. The summed E-state index contributed by atoms with van der Waals surface area (Å²) in [5.41, 5.74) is 2.65. The van der Waals surface area contributed by atoms with Crippen LogP contribution in [0.5, 0.6) is 0 Å². The molecule has 1 aromatic carbocycles. The molecule has 2 heterocycles. The van der Waals surface area contributed by atoms with E-state index in [1.807, 2.05) is 19.9 Å². The fraction of sp³-hybridized carbons (Fsp3) is 0.211. The van der Waals surface area contributed by atoms with Crippen molar-refractivity contribution in [3.05, 3.63) is 74.9 Å². The van der Waals surface area contributed by atoms with E-state index in [0.29, 0.717) is 16.9 Å². The molecule has 27 heavy (non-hydrogen) atoms. The Balaban J connectivity index is 1.76. The van der Waals surface area contributed by atoms with Gasteiger partial charge in [-0.3, -0.25) is 4.79 Å². The predicted molar refractivity (Wildman–Crippen MR) is 103 cm³/mol. The van der Waals surface area contributed by atoms with Gasteiger partial charge in [0.05, 0.1) is 22.3 Å². The number of aryl methyl sites for hydroxylation is 2. The lowest BCUT2D eigenvalue weighted by molar-refractivity contribution is 0.0939. The molecule has 2 aromatic heterocycles. The Hall–Kier alpha value is -2.44. The summed E-state index contributed by atoms with van der Waals surface area (Å²) in [6.45, 7) is 5.54. The van der Waals surface area contributed by atoms with Crippen molar-refractivity contribution in [2.24, 2.45) is 0 Å². The molecule has 3 rings (SSSR count). The van der Waals surface area contributed by atoms with Crippen LogP contribution in [0.15, 0.2) is 36.5 Å². The van der Waals surface area contributed by atoms with Crippen molar-refractivity contribution in [3.8, 4) is 5.82 Å². The first kappa shape index (κ1) is 19.3. The standard InChI is InChI=1S/C19H17Cl2FN4O/c1-10-6-11(2)26(25-10)18-5-4-13(9-23-18)19(27)24-12(3)14-7-17(22)16(21)8-15(14)20/h4-9,12H,1-3H3,(H,24,27). The van der Waals surface area contributed by atoms with Crippen molar-refractivity contribution in [1.82, 2.24) is 20.1 Å². The zero-order valence-corrected chi connectivity index (χ0v) is 16.4. The number of nitrogens with zero attached hydrogens (tertiary/aromatic N) is 3. The summed E-state index contributed by atoms with van der Waals surface area (Å²) in [5.74, 6) is -0.317. The number of carbonyl (C=O) groups is 1.